The van der Waals surface area contributed by atoms with E-state index in [9.17, 15) is 9.59 Å². The van der Waals surface area contributed by atoms with Crippen molar-refractivity contribution in [2.75, 3.05) is 18.9 Å². The zero-order valence-electron chi connectivity index (χ0n) is 13.3. The molecule has 0 aromatic heterocycles. The maximum atomic E-state index is 11.7. The molecule has 0 aliphatic carbocycles. The van der Waals surface area contributed by atoms with Gasteiger partial charge in [-0.15, -0.1) is 0 Å². The number of nitrogen functional groups attached to an aromatic ring is 1. The molecule has 0 saturated heterocycles. The van der Waals surface area contributed by atoms with Gasteiger partial charge in [0, 0.05) is 6.04 Å². The lowest BCUT2D eigenvalue weighted by atomic mass is 10.2. The third-order valence-electron chi connectivity index (χ3n) is 3.06. The minimum atomic E-state index is -0.422. The van der Waals surface area contributed by atoms with Crippen LogP contribution in [-0.4, -0.2) is 31.1 Å². The van der Waals surface area contributed by atoms with Gasteiger partial charge in [0.05, 0.1) is 17.9 Å². The number of nitrogens with two attached hydrogens (primary N) is 1. The molecule has 6 heteroatoms. The van der Waals surface area contributed by atoms with Crippen LogP contribution >= 0.6 is 0 Å². The molecule has 1 aromatic rings. The maximum Gasteiger partial charge on any atom is 0.338 e. The number of ether oxygens (including phenoxy) is 2. The summed E-state index contributed by atoms with van der Waals surface area (Å²) in [7, 11) is 0. The number of carbonyl (C=O) groups is 2. The molecule has 3 N–H and O–H groups in total. The SMILES string of the molecule is CCCOC(=O)c1ccc(OCC(=O)NC(C)CC)c(N)c1. The van der Waals surface area contributed by atoms with Crippen molar-refractivity contribution in [3.8, 4) is 5.75 Å². The lowest BCUT2D eigenvalue weighted by molar-refractivity contribution is -0.123. The summed E-state index contributed by atoms with van der Waals surface area (Å²) in [5, 5.41) is 2.79. The van der Waals surface area contributed by atoms with Crippen molar-refractivity contribution in [1.29, 1.82) is 0 Å². The van der Waals surface area contributed by atoms with E-state index in [0.29, 0.717) is 23.6 Å². The second kappa shape index (κ2) is 8.92. The number of benzene rings is 1. The summed E-state index contributed by atoms with van der Waals surface area (Å²) in [6, 6.07) is 4.72. The van der Waals surface area contributed by atoms with E-state index in [0.717, 1.165) is 12.8 Å². The van der Waals surface area contributed by atoms with Crippen molar-refractivity contribution < 1.29 is 19.1 Å². The Kier molecular flexibility index (Phi) is 7.22. The van der Waals surface area contributed by atoms with Crippen molar-refractivity contribution in [2.45, 2.75) is 39.7 Å². The van der Waals surface area contributed by atoms with E-state index in [2.05, 4.69) is 5.32 Å². The van der Waals surface area contributed by atoms with Gasteiger partial charge in [0.25, 0.3) is 5.91 Å². The molecule has 0 radical (unpaired) electrons. The van der Waals surface area contributed by atoms with Gasteiger partial charge in [-0.25, -0.2) is 4.79 Å². The summed E-state index contributed by atoms with van der Waals surface area (Å²) in [5.41, 5.74) is 6.49. The Balaban J connectivity index is 2.59. The average Bonchev–Trinajstić information content (AvgIpc) is 2.51. The Morgan fingerprint density at radius 1 is 1.32 bits per heavy atom. The topological polar surface area (TPSA) is 90.6 Å². The third-order valence-corrected chi connectivity index (χ3v) is 3.06. The minimum absolute atomic E-state index is 0.101. The number of carbonyl (C=O) groups excluding carboxylic acids is 2. The highest BCUT2D eigenvalue weighted by atomic mass is 16.5. The van der Waals surface area contributed by atoms with Crippen LogP contribution in [0.5, 0.6) is 5.75 Å². The predicted molar refractivity (Wildman–Crippen MR) is 84.8 cm³/mol. The molecule has 0 spiro atoms. The summed E-state index contributed by atoms with van der Waals surface area (Å²) in [6.07, 6.45) is 1.61. The van der Waals surface area contributed by atoms with Crippen molar-refractivity contribution in [3.63, 3.8) is 0 Å². The molecule has 1 unspecified atom stereocenters. The Labute approximate surface area is 131 Å². The quantitative estimate of drug-likeness (QED) is 0.567. The second-order valence-corrected chi connectivity index (χ2v) is 5.05. The first-order chi connectivity index (χ1) is 10.5. The number of anilines is 1. The molecule has 0 saturated carbocycles. The third kappa shape index (κ3) is 5.63. The van der Waals surface area contributed by atoms with E-state index in [1.807, 2.05) is 20.8 Å². The molecule has 1 atom stereocenters. The molecule has 1 rings (SSSR count). The normalized spacial score (nSPS) is 11.6. The first kappa shape index (κ1) is 17.8. The van der Waals surface area contributed by atoms with Crippen LogP contribution in [0.2, 0.25) is 0 Å². The number of nitrogens with one attached hydrogen (secondary N) is 1. The number of rotatable bonds is 8. The fourth-order valence-corrected chi connectivity index (χ4v) is 1.65. The maximum absolute atomic E-state index is 11.7. The zero-order chi connectivity index (χ0) is 16.5. The molecular formula is C16H24N2O4. The van der Waals surface area contributed by atoms with Crippen LogP contribution in [0.4, 0.5) is 5.69 Å². The van der Waals surface area contributed by atoms with Crippen molar-refractivity contribution in [1.82, 2.24) is 5.32 Å². The molecule has 0 aliphatic rings. The van der Waals surface area contributed by atoms with E-state index >= 15 is 0 Å². The van der Waals surface area contributed by atoms with Gasteiger partial charge in [-0.05, 0) is 38.0 Å². The molecule has 0 bridgehead atoms. The van der Waals surface area contributed by atoms with Crippen molar-refractivity contribution in [2.24, 2.45) is 0 Å². The lowest BCUT2D eigenvalue weighted by Gasteiger charge is -2.13. The largest absolute Gasteiger partial charge is 0.482 e. The fraction of sp³-hybridized carbons (Fsp3) is 0.500. The highest BCUT2D eigenvalue weighted by Crippen LogP contribution is 2.23. The standard InChI is InChI=1S/C16H24N2O4/c1-4-8-21-16(20)12-6-7-14(13(17)9-12)22-10-15(19)18-11(3)5-2/h6-7,9,11H,4-5,8,10,17H2,1-3H3,(H,18,19). The van der Waals surface area contributed by atoms with Gasteiger partial charge < -0.3 is 20.5 Å². The molecular weight excluding hydrogens is 284 g/mol. The number of esters is 1. The van der Waals surface area contributed by atoms with E-state index in [1.165, 1.54) is 6.07 Å². The van der Waals surface area contributed by atoms with E-state index < -0.39 is 5.97 Å². The van der Waals surface area contributed by atoms with E-state index in [1.54, 1.807) is 12.1 Å². The molecule has 0 aliphatic heterocycles. The van der Waals surface area contributed by atoms with Gasteiger partial charge in [-0.3, -0.25) is 4.79 Å². The Morgan fingerprint density at radius 3 is 2.64 bits per heavy atom. The first-order valence-corrected chi connectivity index (χ1v) is 7.46. The van der Waals surface area contributed by atoms with Gasteiger partial charge in [0.1, 0.15) is 5.75 Å². The summed E-state index contributed by atoms with van der Waals surface area (Å²) in [4.78, 5) is 23.3. The van der Waals surface area contributed by atoms with Crippen LogP contribution in [-0.2, 0) is 9.53 Å². The smallest absolute Gasteiger partial charge is 0.338 e. The van der Waals surface area contributed by atoms with Gasteiger partial charge in [-0.2, -0.15) is 0 Å². The van der Waals surface area contributed by atoms with E-state index in [-0.39, 0.29) is 18.6 Å². The van der Waals surface area contributed by atoms with Crippen LogP contribution in [0, 0.1) is 0 Å². The summed E-state index contributed by atoms with van der Waals surface area (Å²) in [6.45, 7) is 6.08. The van der Waals surface area contributed by atoms with E-state index in [4.69, 9.17) is 15.2 Å². The first-order valence-electron chi connectivity index (χ1n) is 7.46. The highest BCUT2D eigenvalue weighted by molar-refractivity contribution is 5.91. The second-order valence-electron chi connectivity index (χ2n) is 5.05. The number of hydrogen-bond acceptors (Lipinski definition) is 5. The Morgan fingerprint density at radius 2 is 2.05 bits per heavy atom. The minimum Gasteiger partial charge on any atom is -0.482 e. The van der Waals surface area contributed by atoms with Crippen LogP contribution in [0.25, 0.3) is 0 Å². The molecule has 22 heavy (non-hydrogen) atoms. The van der Waals surface area contributed by atoms with Crippen LogP contribution in [0.3, 0.4) is 0 Å². The zero-order valence-corrected chi connectivity index (χ0v) is 13.3. The Bertz CT molecular complexity index is 517. The van der Waals surface area contributed by atoms with Crippen molar-refractivity contribution >= 4 is 17.6 Å². The molecule has 122 valence electrons. The summed E-state index contributed by atoms with van der Waals surface area (Å²) in [5.74, 6) is -0.263. The molecule has 1 amide bonds. The van der Waals surface area contributed by atoms with Gasteiger partial charge in [-0.1, -0.05) is 13.8 Å². The summed E-state index contributed by atoms with van der Waals surface area (Å²) >= 11 is 0. The van der Waals surface area contributed by atoms with Gasteiger partial charge >= 0.3 is 5.97 Å². The molecule has 0 fully saturated rings. The number of hydrogen-bond donors (Lipinski definition) is 2. The van der Waals surface area contributed by atoms with Crippen molar-refractivity contribution in [3.05, 3.63) is 23.8 Å². The predicted octanol–water partition coefficient (Wildman–Crippen LogP) is 2.13. The number of amides is 1. The average molecular weight is 308 g/mol. The molecule has 1 aromatic carbocycles. The van der Waals surface area contributed by atoms with Gasteiger partial charge in [0.2, 0.25) is 0 Å². The lowest BCUT2D eigenvalue weighted by Crippen LogP contribution is -2.35. The van der Waals surface area contributed by atoms with Crippen LogP contribution in [0.15, 0.2) is 18.2 Å². The monoisotopic (exact) mass is 308 g/mol. The van der Waals surface area contributed by atoms with Crippen LogP contribution in [0.1, 0.15) is 44.0 Å². The molecule has 6 nitrogen and oxygen atoms in total. The Hall–Kier alpha value is -2.24. The highest BCUT2D eigenvalue weighted by Gasteiger charge is 2.11. The summed E-state index contributed by atoms with van der Waals surface area (Å²) < 4.78 is 10.4. The molecule has 0 heterocycles. The van der Waals surface area contributed by atoms with Gasteiger partial charge in [0.15, 0.2) is 6.61 Å². The van der Waals surface area contributed by atoms with Crippen LogP contribution < -0.4 is 15.8 Å². The fourth-order valence-electron chi connectivity index (χ4n) is 1.65.